The molecule has 0 fully saturated rings. The molecule has 0 saturated carbocycles. The summed E-state index contributed by atoms with van der Waals surface area (Å²) in [4.78, 5) is 24.3. The molecule has 3 rings (SSSR count). The van der Waals surface area contributed by atoms with Crippen LogP contribution in [0.2, 0.25) is 0 Å². The van der Waals surface area contributed by atoms with Gasteiger partial charge in [0.1, 0.15) is 11.5 Å². The topological polar surface area (TPSA) is 88.7 Å². The maximum atomic E-state index is 12.2. The van der Waals surface area contributed by atoms with Crippen molar-refractivity contribution in [2.75, 3.05) is 23.1 Å². The average molecular weight is 391 g/mol. The van der Waals surface area contributed by atoms with Gasteiger partial charge in [0.15, 0.2) is 0 Å². The summed E-state index contributed by atoms with van der Waals surface area (Å²) in [5.74, 6) is 1.14. The van der Waals surface area contributed by atoms with E-state index in [1.54, 1.807) is 73.8 Å². The number of anilines is 3. The maximum Gasteiger partial charge on any atom is 0.417 e. The number of urea groups is 1. The van der Waals surface area contributed by atoms with Crippen LogP contribution in [0.5, 0.6) is 11.5 Å². The molecule has 0 aromatic heterocycles. The van der Waals surface area contributed by atoms with Crippen LogP contribution in [0, 0.1) is 6.92 Å². The molecule has 3 amide bonds. The van der Waals surface area contributed by atoms with Gasteiger partial charge in [-0.3, -0.25) is 5.32 Å². The number of benzene rings is 3. The third-order valence-electron chi connectivity index (χ3n) is 4.03. The molecule has 0 aliphatic heterocycles. The molecule has 148 valence electrons. The number of amides is 3. The van der Waals surface area contributed by atoms with Crippen LogP contribution in [0.25, 0.3) is 0 Å². The van der Waals surface area contributed by atoms with Gasteiger partial charge in [0, 0.05) is 17.1 Å². The van der Waals surface area contributed by atoms with Crippen LogP contribution in [-0.2, 0) is 0 Å². The highest BCUT2D eigenvalue weighted by Gasteiger charge is 2.09. The molecule has 3 aromatic rings. The third-order valence-corrected chi connectivity index (χ3v) is 4.03. The van der Waals surface area contributed by atoms with Crippen LogP contribution < -0.4 is 25.4 Å². The first-order valence-electron chi connectivity index (χ1n) is 8.90. The molecule has 0 saturated heterocycles. The van der Waals surface area contributed by atoms with Crippen molar-refractivity contribution in [2.24, 2.45) is 0 Å². The summed E-state index contributed by atoms with van der Waals surface area (Å²) < 4.78 is 10.3. The molecule has 0 bridgehead atoms. The van der Waals surface area contributed by atoms with Gasteiger partial charge in [-0.05, 0) is 61.0 Å². The lowest BCUT2D eigenvalue weighted by Gasteiger charge is -2.12. The normalized spacial score (nSPS) is 10.0. The van der Waals surface area contributed by atoms with Gasteiger partial charge >= 0.3 is 12.1 Å². The first kappa shape index (κ1) is 19.8. The largest absolute Gasteiger partial charge is 0.497 e. The second-order valence-electron chi connectivity index (χ2n) is 6.16. The van der Waals surface area contributed by atoms with Crippen LogP contribution in [-0.4, -0.2) is 19.2 Å². The molecule has 0 atom stereocenters. The number of methoxy groups -OCH3 is 1. The van der Waals surface area contributed by atoms with Gasteiger partial charge in [0.05, 0.1) is 7.11 Å². The second kappa shape index (κ2) is 9.27. The molecule has 3 aromatic carbocycles. The number of ether oxygens (including phenoxy) is 2. The zero-order valence-corrected chi connectivity index (χ0v) is 16.1. The van der Waals surface area contributed by atoms with E-state index in [4.69, 9.17) is 9.47 Å². The highest BCUT2D eigenvalue weighted by molar-refractivity contribution is 6.00. The average Bonchev–Trinajstić information content (AvgIpc) is 2.72. The van der Waals surface area contributed by atoms with Crippen LogP contribution in [0.1, 0.15) is 5.56 Å². The molecular weight excluding hydrogens is 370 g/mol. The Hall–Kier alpha value is -4.00. The summed E-state index contributed by atoms with van der Waals surface area (Å²) in [5.41, 5.74) is 2.51. The van der Waals surface area contributed by atoms with Crippen LogP contribution in [0.3, 0.4) is 0 Å². The lowest BCUT2D eigenvalue weighted by Crippen LogP contribution is -2.20. The van der Waals surface area contributed by atoms with Gasteiger partial charge in [0.2, 0.25) is 0 Å². The van der Waals surface area contributed by atoms with E-state index >= 15 is 0 Å². The van der Waals surface area contributed by atoms with Gasteiger partial charge in [-0.1, -0.05) is 24.3 Å². The van der Waals surface area contributed by atoms with E-state index in [-0.39, 0.29) is 0 Å². The van der Waals surface area contributed by atoms with Gasteiger partial charge in [-0.25, -0.2) is 9.59 Å². The van der Waals surface area contributed by atoms with Crippen LogP contribution >= 0.6 is 0 Å². The number of hydrogen-bond donors (Lipinski definition) is 3. The Morgan fingerprint density at radius 1 is 0.759 bits per heavy atom. The molecule has 0 aliphatic rings. The van der Waals surface area contributed by atoms with E-state index < -0.39 is 12.1 Å². The maximum absolute atomic E-state index is 12.2. The van der Waals surface area contributed by atoms with Crippen molar-refractivity contribution in [3.8, 4) is 11.5 Å². The predicted molar refractivity (Wildman–Crippen MR) is 113 cm³/mol. The Morgan fingerprint density at radius 2 is 1.41 bits per heavy atom. The van der Waals surface area contributed by atoms with E-state index in [0.717, 1.165) is 5.56 Å². The Balaban J connectivity index is 1.61. The van der Waals surface area contributed by atoms with Crippen molar-refractivity contribution in [3.63, 3.8) is 0 Å². The molecule has 0 unspecified atom stereocenters. The summed E-state index contributed by atoms with van der Waals surface area (Å²) in [7, 11) is 1.58. The Bertz CT molecular complexity index is 989. The lowest BCUT2D eigenvalue weighted by atomic mass is 10.2. The van der Waals surface area contributed by atoms with Gasteiger partial charge in [-0.15, -0.1) is 0 Å². The molecular formula is C22H21N3O4. The number of nitrogens with one attached hydrogen (secondary N) is 3. The molecule has 0 heterocycles. The predicted octanol–water partition coefficient (Wildman–Crippen LogP) is 5.26. The number of rotatable bonds is 5. The minimum atomic E-state index is -0.612. The zero-order valence-electron chi connectivity index (χ0n) is 16.1. The van der Waals surface area contributed by atoms with E-state index in [2.05, 4.69) is 16.0 Å². The number of aryl methyl sites for hydroxylation is 1. The zero-order chi connectivity index (χ0) is 20.6. The first-order chi connectivity index (χ1) is 14.0. The first-order valence-corrected chi connectivity index (χ1v) is 8.90. The van der Waals surface area contributed by atoms with E-state index in [0.29, 0.717) is 28.6 Å². The SMILES string of the molecule is COc1ccc(NC(=O)Nc2ccc(C)c(NC(=O)Oc3ccccc3)c2)cc1. The molecule has 0 aliphatic carbocycles. The second-order valence-corrected chi connectivity index (χ2v) is 6.16. The quantitative estimate of drug-likeness (QED) is 0.554. The molecule has 0 radical (unpaired) electrons. The van der Waals surface area contributed by atoms with Crippen molar-refractivity contribution in [3.05, 3.63) is 78.4 Å². The number of hydrogen-bond acceptors (Lipinski definition) is 4. The van der Waals surface area contributed by atoms with Gasteiger partial charge < -0.3 is 20.1 Å². The molecule has 7 heteroatoms. The Kier molecular flexibility index (Phi) is 6.32. The number of carbonyl (C=O) groups excluding carboxylic acids is 2. The highest BCUT2D eigenvalue weighted by Crippen LogP contribution is 2.22. The van der Waals surface area contributed by atoms with Crippen LogP contribution in [0.4, 0.5) is 26.7 Å². The molecule has 29 heavy (non-hydrogen) atoms. The number of para-hydroxylation sites is 1. The third kappa shape index (κ3) is 5.74. The minimum absolute atomic E-state index is 0.406. The monoisotopic (exact) mass is 391 g/mol. The van der Waals surface area contributed by atoms with Gasteiger partial charge in [-0.2, -0.15) is 0 Å². The minimum Gasteiger partial charge on any atom is -0.497 e. The Morgan fingerprint density at radius 3 is 2.10 bits per heavy atom. The fourth-order valence-corrected chi connectivity index (χ4v) is 2.53. The van der Waals surface area contributed by atoms with Crippen molar-refractivity contribution in [1.29, 1.82) is 0 Å². The van der Waals surface area contributed by atoms with E-state index in [9.17, 15) is 9.59 Å². The standard InChI is InChI=1S/C22H21N3O4/c1-15-8-9-17(24-21(26)23-16-10-12-18(28-2)13-11-16)14-20(15)25-22(27)29-19-6-4-3-5-7-19/h3-14H,1-2H3,(H,25,27)(H2,23,24,26). The van der Waals surface area contributed by atoms with Crippen molar-refractivity contribution in [1.82, 2.24) is 0 Å². The fraction of sp³-hybridized carbons (Fsp3) is 0.0909. The summed E-state index contributed by atoms with van der Waals surface area (Å²) in [5, 5.41) is 8.16. The van der Waals surface area contributed by atoms with Crippen LogP contribution in [0.15, 0.2) is 72.8 Å². The smallest absolute Gasteiger partial charge is 0.417 e. The summed E-state index contributed by atoms with van der Waals surface area (Å²) >= 11 is 0. The van der Waals surface area contributed by atoms with E-state index in [1.807, 2.05) is 13.0 Å². The summed E-state index contributed by atoms with van der Waals surface area (Å²) in [6.07, 6.45) is -0.612. The van der Waals surface area contributed by atoms with E-state index in [1.165, 1.54) is 0 Å². The highest BCUT2D eigenvalue weighted by atomic mass is 16.6. The van der Waals surface area contributed by atoms with Crippen molar-refractivity contribution >= 4 is 29.2 Å². The molecule has 3 N–H and O–H groups in total. The van der Waals surface area contributed by atoms with Gasteiger partial charge in [0.25, 0.3) is 0 Å². The van der Waals surface area contributed by atoms with Crippen molar-refractivity contribution < 1.29 is 19.1 Å². The fourth-order valence-electron chi connectivity index (χ4n) is 2.53. The lowest BCUT2D eigenvalue weighted by molar-refractivity contribution is 0.215. The molecule has 0 spiro atoms. The molecule has 7 nitrogen and oxygen atoms in total. The van der Waals surface area contributed by atoms with Crippen molar-refractivity contribution in [2.45, 2.75) is 6.92 Å². The summed E-state index contributed by atoms with van der Waals surface area (Å²) in [6.45, 7) is 1.85. The Labute approximate surface area is 168 Å². The number of carbonyl (C=O) groups is 2. The summed E-state index contributed by atoms with van der Waals surface area (Å²) in [6, 6.07) is 20.5.